The minimum atomic E-state index is 0. The molecule has 4 aliphatic carbocycles. The van der Waals surface area contributed by atoms with Crippen LogP contribution in [-0.4, -0.2) is 25.0 Å². The van der Waals surface area contributed by atoms with Crippen LogP contribution in [0.4, 0.5) is 0 Å². The van der Waals surface area contributed by atoms with Crippen LogP contribution in [0.3, 0.4) is 0 Å². The Kier molecular flexibility index (Phi) is 71.1. The minimum Gasteiger partial charge on any atom is -0.306 e. The Morgan fingerprint density at radius 3 is 0.522 bits per heavy atom. The van der Waals surface area contributed by atoms with E-state index in [4.69, 9.17) is 0 Å². The molecule has 0 bridgehead atoms. The molecule has 0 amide bonds. The third-order valence-corrected chi connectivity index (χ3v) is 12.9. The van der Waals surface area contributed by atoms with E-state index in [1.165, 1.54) is 103 Å². The Balaban J connectivity index is -0.0000000987. The maximum absolute atomic E-state index is 2.37. The van der Waals surface area contributed by atoms with Crippen molar-refractivity contribution in [3.05, 3.63) is 0 Å². The maximum Gasteiger partial charge on any atom is 0.00214 e. The van der Waals surface area contributed by atoms with Gasteiger partial charge in [0.2, 0.25) is 0 Å². The highest BCUT2D eigenvalue weighted by Gasteiger charge is 2.25. The van der Waals surface area contributed by atoms with Crippen LogP contribution < -0.4 is 0 Å². The van der Waals surface area contributed by atoms with Gasteiger partial charge in [-0.05, 0) is 126 Å². The summed E-state index contributed by atoms with van der Waals surface area (Å²) in [6.07, 6.45) is 20.5. The van der Waals surface area contributed by atoms with Gasteiger partial charge in [-0.3, -0.25) is 0 Å². The van der Waals surface area contributed by atoms with E-state index < -0.39 is 0 Å². The van der Waals surface area contributed by atoms with Crippen molar-refractivity contribution in [2.24, 2.45) is 107 Å². The van der Waals surface area contributed by atoms with Gasteiger partial charge in [-0.1, -0.05) is 306 Å². The molecule has 0 unspecified atom stereocenters. The van der Waals surface area contributed by atoms with E-state index in [9.17, 15) is 0 Å². The molecule has 0 aromatic carbocycles. The first-order chi connectivity index (χ1) is 31.0. The summed E-state index contributed by atoms with van der Waals surface area (Å²) in [7, 11) is 2.18. The topological polar surface area (TPSA) is 3.24 Å². The number of rotatable bonds is 9. The van der Waals surface area contributed by atoms with Gasteiger partial charge in [0.15, 0.2) is 0 Å². The van der Waals surface area contributed by atoms with Gasteiger partial charge in [0.05, 0.1) is 0 Å². The van der Waals surface area contributed by atoms with Crippen molar-refractivity contribution < 1.29 is 0 Å². The molecule has 1 nitrogen and oxygen atoms in total. The molecule has 5 aliphatic rings. The van der Waals surface area contributed by atoms with Gasteiger partial charge in [0.1, 0.15) is 0 Å². The molecule has 5 fully saturated rings. The van der Waals surface area contributed by atoms with E-state index >= 15 is 0 Å². The molecule has 0 aromatic rings. The van der Waals surface area contributed by atoms with E-state index in [0.29, 0.717) is 0 Å². The zero-order valence-corrected chi connectivity index (χ0v) is 55.2. The van der Waals surface area contributed by atoms with Crippen molar-refractivity contribution in [2.45, 2.75) is 319 Å². The smallest absolute Gasteiger partial charge is 0.00214 e. The zero-order valence-electron chi connectivity index (χ0n) is 55.2. The second-order valence-electron chi connectivity index (χ2n) is 28.0. The molecule has 0 radical (unpaired) electrons. The summed E-state index contributed by atoms with van der Waals surface area (Å²) < 4.78 is 0. The van der Waals surface area contributed by atoms with E-state index in [1.54, 1.807) is 0 Å². The third-order valence-electron chi connectivity index (χ3n) is 12.9. The number of nitrogens with zero attached hydrogens (tertiary/aromatic N) is 1. The normalized spacial score (nSPS) is 16.3. The van der Waals surface area contributed by atoms with Gasteiger partial charge in [-0.2, -0.15) is 0 Å². The zero-order chi connectivity index (χ0) is 55.3. The lowest BCUT2D eigenvalue weighted by Crippen LogP contribution is -2.46. The minimum absolute atomic E-state index is 0. The van der Waals surface area contributed by atoms with Crippen LogP contribution in [0.25, 0.3) is 0 Å². The van der Waals surface area contributed by atoms with Gasteiger partial charge < -0.3 is 4.90 Å². The van der Waals surface area contributed by atoms with Crippen molar-refractivity contribution in [3.63, 3.8) is 0 Å². The lowest BCUT2D eigenvalue weighted by atomic mass is 9.78. The van der Waals surface area contributed by atoms with E-state index in [2.05, 4.69) is 234 Å². The fourth-order valence-corrected chi connectivity index (χ4v) is 5.83. The number of hydrogen-bond acceptors (Lipinski definition) is 1. The number of likely N-dealkylation sites (tertiary alicyclic amines) is 1. The van der Waals surface area contributed by atoms with Crippen molar-refractivity contribution in [1.29, 1.82) is 0 Å². The van der Waals surface area contributed by atoms with Crippen molar-refractivity contribution in [2.75, 3.05) is 20.1 Å². The first kappa shape index (κ1) is 85.7. The van der Waals surface area contributed by atoms with Gasteiger partial charge in [0.25, 0.3) is 0 Å². The quantitative estimate of drug-likeness (QED) is 0.223. The van der Waals surface area contributed by atoms with Crippen molar-refractivity contribution in [1.82, 2.24) is 4.90 Å². The Morgan fingerprint density at radius 2 is 0.507 bits per heavy atom. The molecule has 5 rings (SSSR count). The Labute approximate surface area is 448 Å². The first-order valence-corrected chi connectivity index (χ1v) is 30.7. The van der Waals surface area contributed by atoms with Crippen LogP contribution in [0.15, 0.2) is 0 Å². The van der Waals surface area contributed by atoms with Crippen LogP contribution in [0, 0.1) is 107 Å². The standard InChI is InChI=1S/C7H15N.3C7H14.C6H12.2C6H14.C5H12.4C4H10.CH4/c1-6(2)7-4-8(3)5-7;3*1-6(2)7-4-3-5-7;1-5(2)6-3-4-6;1-5(2)6(3)4;1-4-5-6(2)3;1-4-5(2)3;4*1-4(2)3;/h6-7H,4-5H2,1-3H3;3*6-7H,3-5H2,1-2H3;5-6H,3-4H2,1-2H3;5-6H,1-4H3;6H,4-5H2,1-3H3;5H,4H2,1-3H3;4*4H,1-3H3;1H4. The van der Waals surface area contributed by atoms with Crippen LogP contribution >= 0.6 is 0 Å². The second-order valence-corrected chi connectivity index (χ2v) is 28.0. The average molecular weight is 985 g/mol. The van der Waals surface area contributed by atoms with Gasteiger partial charge in [-0.25, -0.2) is 0 Å². The highest BCUT2D eigenvalue weighted by molar-refractivity contribution is 4.78. The third kappa shape index (κ3) is 88.0. The predicted molar refractivity (Wildman–Crippen MR) is 333 cm³/mol. The van der Waals surface area contributed by atoms with Crippen LogP contribution in [0.5, 0.6) is 0 Å². The lowest BCUT2D eigenvalue weighted by molar-refractivity contribution is 0.0967. The highest BCUT2D eigenvalue weighted by Crippen LogP contribution is 2.36. The SMILES string of the molecule is C.CC(C)C.CC(C)C.CC(C)C.CC(C)C.CC(C)C(C)C.CC(C)C1CC1.CC(C)C1CCC1.CC(C)C1CCC1.CC(C)C1CCC1.CC(C)C1CN(C)C1.CCC(C)C.CCCC(C)C. The molecule has 69 heavy (non-hydrogen) atoms. The summed E-state index contributed by atoms with van der Waals surface area (Å²) in [5.74, 6) is 16.9. The Bertz CT molecular complexity index is 771. The summed E-state index contributed by atoms with van der Waals surface area (Å²) in [6.45, 7) is 74.1. The Morgan fingerprint density at radius 1 is 0.319 bits per heavy atom. The molecule has 0 spiro atoms. The predicted octanol–water partition coefficient (Wildman–Crippen LogP) is 24.7. The van der Waals surface area contributed by atoms with Gasteiger partial charge in [0, 0.05) is 13.1 Å². The monoisotopic (exact) mass is 984 g/mol. The molecule has 4 saturated carbocycles. The molecule has 0 N–H and O–H groups in total. The molecule has 0 atom stereocenters. The summed E-state index contributed by atoms with van der Waals surface area (Å²) in [5.41, 5.74) is 0. The van der Waals surface area contributed by atoms with Crippen LogP contribution in [0.2, 0.25) is 0 Å². The first-order valence-electron chi connectivity index (χ1n) is 30.7. The molecule has 430 valence electrons. The van der Waals surface area contributed by atoms with Crippen LogP contribution in [-0.2, 0) is 0 Å². The summed E-state index contributed by atoms with van der Waals surface area (Å²) in [4.78, 5) is 2.37. The molecule has 1 saturated heterocycles. The molecular weight excluding hydrogens is 831 g/mol. The molecule has 1 heteroatoms. The second kappa shape index (κ2) is 57.2. The Hall–Kier alpha value is -0.0400. The average Bonchev–Trinajstić information content (AvgIpc) is 3.91. The fourth-order valence-electron chi connectivity index (χ4n) is 5.83. The largest absolute Gasteiger partial charge is 0.306 e. The van der Waals surface area contributed by atoms with E-state index in [1.807, 2.05) is 0 Å². The summed E-state index contributed by atoms with van der Waals surface area (Å²) in [5, 5.41) is 0. The molecule has 1 aliphatic heterocycles. The van der Waals surface area contributed by atoms with Gasteiger partial charge in [-0.15, -0.1) is 0 Å². The summed E-state index contributed by atoms with van der Waals surface area (Å²) >= 11 is 0. The van der Waals surface area contributed by atoms with E-state index in [-0.39, 0.29) is 7.43 Å². The van der Waals surface area contributed by atoms with Gasteiger partial charge >= 0.3 is 0 Å². The molecule has 1 heterocycles. The van der Waals surface area contributed by atoms with Crippen molar-refractivity contribution >= 4 is 0 Å². The molecular formula is C68H153N. The maximum atomic E-state index is 2.37. The van der Waals surface area contributed by atoms with Crippen LogP contribution in [0.1, 0.15) is 319 Å². The number of hydrogen-bond donors (Lipinski definition) is 0. The van der Waals surface area contributed by atoms with Crippen molar-refractivity contribution in [3.8, 4) is 0 Å². The fraction of sp³-hybridized carbons (Fsp3) is 1.00. The highest BCUT2D eigenvalue weighted by atomic mass is 15.2. The lowest BCUT2D eigenvalue weighted by Gasteiger charge is -2.38. The molecule has 0 aromatic heterocycles. The summed E-state index contributed by atoms with van der Waals surface area (Å²) in [6, 6.07) is 0. The van der Waals surface area contributed by atoms with E-state index in [0.717, 1.165) is 107 Å².